The van der Waals surface area contributed by atoms with E-state index >= 15 is 0 Å². The van der Waals surface area contributed by atoms with Gasteiger partial charge in [0.05, 0.1) is 13.2 Å². The Morgan fingerprint density at radius 2 is 1.65 bits per heavy atom. The van der Waals surface area contributed by atoms with Gasteiger partial charge < -0.3 is 15.4 Å². The highest BCUT2D eigenvalue weighted by Gasteiger charge is 2.53. The van der Waals surface area contributed by atoms with Crippen molar-refractivity contribution in [3.63, 3.8) is 0 Å². The zero-order valence-electron chi connectivity index (χ0n) is 19.5. The predicted molar refractivity (Wildman–Crippen MR) is 120 cm³/mol. The lowest BCUT2D eigenvalue weighted by atomic mass is 9.82. The smallest absolute Gasteiger partial charge is 0.245 e. The molecule has 4 atom stereocenters. The highest BCUT2D eigenvalue weighted by molar-refractivity contribution is 7.91. The zero-order chi connectivity index (χ0) is 24.8. The molecule has 3 aliphatic heterocycles. The normalized spacial score (nSPS) is 27.1. The van der Waals surface area contributed by atoms with Gasteiger partial charge in [-0.05, 0) is 63.5 Å². The number of amides is 1. The SMILES string of the molecule is CC(C)(C(=O)N1[C@@H]2CC[C@H]1CC([C@H](N)Cc1cc(F)c(F)cc1F)C2)S(=O)(=O)N1CCOCC1. The van der Waals surface area contributed by atoms with Crippen molar-refractivity contribution in [2.24, 2.45) is 11.7 Å². The zero-order valence-corrected chi connectivity index (χ0v) is 20.3. The van der Waals surface area contributed by atoms with Gasteiger partial charge in [0.15, 0.2) is 16.4 Å². The van der Waals surface area contributed by atoms with Gasteiger partial charge in [-0.1, -0.05) is 0 Å². The first-order valence-corrected chi connectivity index (χ1v) is 13.2. The summed E-state index contributed by atoms with van der Waals surface area (Å²) >= 11 is 0. The Balaban J connectivity index is 1.46. The number of rotatable bonds is 6. The van der Waals surface area contributed by atoms with Crippen LogP contribution in [-0.4, -0.2) is 72.7 Å². The number of fused-ring (bicyclic) bond motifs is 2. The second-order valence-electron chi connectivity index (χ2n) is 10.1. The molecule has 7 nitrogen and oxygen atoms in total. The molecule has 190 valence electrons. The van der Waals surface area contributed by atoms with Crippen LogP contribution in [0.2, 0.25) is 0 Å². The molecule has 0 aliphatic carbocycles. The number of carbonyl (C=O) groups is 1. The van der Waals surface area contributed by atoms with Gasteiger partial charge in [-0.15, -0.1) is 0 Å². The molecule has 3 saturated heterocycles. The van der Waals surface area contributed by atoms with Crippen LogP contribution < -0.4 is 5.73 Å². The number of benzene rings is 1. The first-order chi connectivity index (χ1) is 15.9. The third kappa shape index (κ3) is 4.47. The number of ether oxygens (including phenoxy) is 1. The maximum Gasteiger partial charge on any atom is 0.245 e. The second kappa shape index (κ2) is 9.40. The summed E-state index contributed by atoms with van der Waals surface area (Å²) in [4.78, 5) is 15.3. The maximum absolute atomic E-state index is 14.1. The van der Waals surface area contributed by atoms with Gasteiger partial charge in [0.25, 0.3) is 0 Å². The van der Waals surface area contributed by atoms with Crippen molar-refractivity contribution in [3.8, 4) is 0 Å². The molecule has 1 aromatic carbocycles. The largest absolute Gasteiger partial charge is 0.379 e. The molecule has 0 radical (unpaired) electrons. The predicted octanol–water partition coefficient (Wildman–Crippen LogP) is 2.18. The molecule has 0 aromatic heterocycles. The summed E-state index contributed by atoms with van der Waals surface area (Å²) in [7, 11) is -3.88. The van der Waals surface area contributed by atoms with Crippen LogP contribution in [0.1, 0.15) is 45.1 Å². The topological polar surface area (TPSA) is 92.9 Å². The molecule has 1 aromatic rings. The maximum atomic E-state index is 14.1. The number of nitrogens with two attached hydrogens (primary N) is 1. The Hall–Kier alpha value is -1.69. The minimum Gasteiger partial charge on any atom is -0.379 e. The van der Waals surface area contributed by atoms with E-state index in [1.165, 1.54) is 18.2 Å². The number of sulfonamides is 1. The van der Waals surface area contributed by atoms with Gasteiger partial charge in [-0.2, -0.15) is 4.31 Å². The minimum atomic E-state index is -3.88. The third-order valence-corrected chi connectivity index (χ3v) is 10.1. The van der Waals surface area contributed by atoms with Crippen molar-refractivity contribution in [1.29, 1.82) is 0 Å². The van der Waals surface area contributed by atoms with E-state index in [2.05, 4.69) is 0 Å². The van der Waals surface area contributed by atoms with Gasteiger partial charge >= 0.3 is 0 Å². The Kier molecular flexibility index (Phi) is 7.03. The molecule has 2 N–H and O–H groups in total. The van der Waals surface area contributed by atoms with Gasteiger partial charge in [0, 0.05) is 37.3 Å². The molecule has 3 aliphatic rings. The fraction of sp³-hybridized carbons (Fsp3) is 0.696. The van der Waals surface area contributed by atoms with E-state index in [1.807, 2.05) is 0 Å². The van der Waals surface area contributed by atoms with E-state index in [-0.39, 0.29) is 43.1 Å². The fourth-order valence-corrected chi connectivity index (χ4v) is 7.17. The van der Waals surface area contributed by atoms with Gasteiger partial charge in [-0.25, -0.2) is 21.6 Å². The number of hydrogen-bond acceptors (Lipinski definition) is 5. The Morgan fingerprint density at radius 3 is 2.24 bits per heavy atom. The first-order valence-electron chi connectivity index (χ1n) is 11.7. The number of hydrogen-bond donors (Lipinski definition) is 1. The lowest BCUT2D eigenvalue weighted by Crippen LogP contribution is -2.60. The molecular weight excluding hydrogens is 471 g/mol. The fourth-order valence-electron chi connectivity index (χ4n) is 5.57. The van der Waals surface area contributed by atoms with Crippen molar-refractivity contribution >= 4 is 15.9 Å². The van der Waals surface area contributed by atoms with Crippen molar-refractivity contribution in [2.75, 3.05) is 26.3 Å². The van der Waals surface area contributed by atoms with Crippen molar-refractivity contribution in [3.05, 3.63) is 35.1 Å². The summed E-state index contributed by atoms with van der Waals surface area (Å²) in [6, 6.07) is 0.563. The van der Waals surface area contributed by atoms with Gasteiger partial charge in [0.2, 0.25) is 15.9 Å². The van der Waals surface area contributed by atoms with E-state index < -0.39 is 44.2 Å². The molecule has 3 fully saturated rings. The number of nitrogens with zero attached hydrogens (tertiary/aromatic N) is 2. The molecule has 0 spiro atoms. The first kappa shape index (κ1) is 25.4. The molecule has 34 heavy (non-hydrogen) atoms. The molecule has 2 bridgehead atoms. The number of piperidine rings is 1. The van der Waals surface area contributed by atoms with E-state index in [1.54, 1.807) is 4.90 Å². The van der Waals surface area contributed by atoms with Crippen LogP contribution in [0.25, 0.3) is 0 Å². The summed E-state index contributed by atoms with van der Waals surface area (Å²) in [6.45, 7) is 3.98. The minimum absolute atomic E-state index is 0.0231. The van der Waals surface area contributed by atoms with Crippen molar-refractivity contribution < 1.29 is 31.1 Å². The molecular formula is C23H32F3N3O4S. The summed E-state index contributed by atoms with van der Waals surface area (Å²) in [5.41, 5.74) is 6.39. The number of carbonyl (C=O) groups excluding carboxylic acids is 1. The Bertz CT molecular complexity index is 1030. The van der Waals surface area contributed by atoms with Crippen LogP contribution in [0.3, 0.4) is 0 Å². The molecule has 0 saturated carbocycles. The molecule has 4 rings (SSSR count). The van der Waals surface area contributed by atoms with Gasteiger partial charge in [0.1, 0.15) is 5.82 Å². The Morgan fingerprint density at radius 1 is 1.09 bits per heavy atom. The summed E-state index contributed by atoms with van der Waals surface area (Å²) in [5, 5.41) is 0. The quantitative estimate of drug-likeness (QED) is 0.601. The second-order valence-corrected chi connectivity index (χ2v) is 12.6. The van der Waals surface area contributed by atoms with E-state index in [9.17, 15) is 26.4 Å². The van der Waals surface area contributed by atoms with Crippen LogP contribution in [0, 0.1) is 23.4 Å². The molecule has 1 unspecified atom stereocenters. The molecule has 3 heterocycles. The molecule has 1 amide bonds. The van der Waals surface area contributed by atoms with Crippen molar-refractivity contribution in [1.82, 2.24) is 9.21 Å². The van der Waals surface area contributed by atoms with Crippen LogP contribution in [0.5, 0.6) is 0 Å². The van der Waals surface area contributed by atoms with Gasteiger partial charge in [-0.3, -0.25) is 4.79 Å². The summed E-state index contributed by atoms with van der Waals surface area (Å²) in [6.07, 6.45) is 2.66. The monoisotopic (exact) mass is 503 g/mol. The van der Waals surface area contributed by atoms with Crippen LogP contribution in [0.15, 0.2) is 12.1 Å². The summed E-state index contributed by atoms with van der Waals surface area (Å²) < 4.78 is 72.5. The summed E-state index contributed by atoms with van der Waals surface area (Å²) in [5.74, 6) is -3.65. The van der Waals surface area contributed by atoms with Crippen molar-refractivity contribution in [2.45, 2.75) is 68.8 Å². The van der Waals surface area contributed by atoms with Crippen LogP contribution in [0.4, 0.5) is 13.2 Å². The highest BCUT2D eigenvalue weighted by atomic mass is 32.2. The van der Waals surface area contributed by atoms with Crippen LogP contribution >= 0.6 is 0 Å². The molecule has 11 heteroatoms. The van der Waals surface area contributed by atoms with E-state index in [0.717, 1.165) is 18.9 Å². The lowest BCUT2D eigenvalue weighted by Gasteiger charge is -2.44. The van der Waals surface area contributed by atoms with E-state index in [4.69, 9.17) is 10.5 Å². The Labute approximate surface area is 198 Å². The lowest BCUT2D eigenvalue weighted by molar-refractivity contribution is -0.138. The standard InChI is InChI=1S/C23H32F3N3O4S/c1-23(2,34(31,32)28-5-7-33-8-6-28)22(30)29-16-3-4-17(29)10-15(9-16)21(27)12-14-11-19(25)20(26)13-18(14)24/h11,13,15-17,21H,3-10,12,27H2,1-2H3/t15?,16-,17+,21-/m1/s1. The number of morpholine rings is 1. The number of halogens is 3. The van der Waals surface area contributed by atoms with E-state index in [0.29, 0.717) is 32.1 Å². The average Bonchev–Trinajstić information content (AvgIpc) is 3.05. The highest BCUT2D eigenvalue weighted by Crippen LogP contribution is 2.42. The third-order valence-electron chi connectivity index (χ3n) is 7.62. The average molecular weight is 504 g/mol. The van der Waals surface area contributed by atoms with Crippen LogP contribution in [-0.2, 0) is 26.0 Å².